The number of hydrogen-bond donors (Lipinski definition) is 0. The van der Waals surface area contributed by atoms with E-state index >= 15 is 0 Å². The van der Waals surface area contributed by atoms with Gasteiger partial charge in [0.2, 0.25) is 0 Å². The maximum Gasteiger partial charge on any atom is 0.306 e. The van der Waals surface area contributed by atoms with Crippen LogP contribution in [0.5, 0.6) is 0 Å². The summed E-state index contributed by atoms with van der Waals surface area (Å²) in [6, 6.07) is 0. The maximum absolute atomic E-state index is 12.8. The monoisotopic (exact) mass is 868 g/mol. The van der Waals surface area contributed by atoms with Crippen LogP contribution >= 0.6 is 7.82 Å². The highest BCUT2D eigenvalue weighted by Gasteiger charge is 2.36. The van der Waals surface area contributed by atoms with Crippen molar-refractivity contribution in [1.82, 2.24) is 0 Å². The minimum atomic E-state index is -4.65. The van der Waals surface area contributed by atoms with Gasteiger partial charge in [-0.1, -0.05) is 116 Å². The number of aryl methyl sites for hydroxylation is 2. The molecular formula is C48H86NO10P. The number of rotatable bonds is 39. The minimum absolute atomic E-state index is 0.0414. The van der Waals surface area contributed by atoms with E-state index in [-0.39, 0.29) is 26.1 Å². The summed E-state index contributed by atoms with van der Waals surface area (Å²) in [6.07, 6.45) is 30.8. The fourth-order valence-corrected chi connectivity index (χ4v) is 7.98. The molecule has 11 nitrogen and oxygen atoms in total. The molecule has 1 aromatic rings. The minimum Gasteiger partial charge on any atom is -0.756 e. The van der Waals surface area contributed by atoms with Crippen LogP contribution in [0.1, 0.15) is 191 Å². The number of epoxide rings is 1. The van der Waals surface area contributed by atoms with Crippen LogP contribution in [0.15, 0.2) is 16.6 Å². The summed E-state index contributed by atoms with van der Waals surface area (Å²) < 4.78 is 46.0. The first kappa shape index (κ1) is 54.1. The van der Waals surface area contributed by atoms with Gasteiger partial charge in [0, 0.05) is 25.7 Å². The van der Waals surface area contributed by atoms with Gasteiger partial charge in [0.1, 0.15) is 31.3 Å². The van der Waals surface area contributed by atoms with Crippen molar-refractivity contribution in [2.45, 2.75) is 213 Å². The number of allylic oxidation sites excluding steroid dienone is 1. The molecule has 0 aliphatic carbocycles. The Hall–Kier alpha value is -2.01. The topological polar surface area (TPSA) is 137 Å². The number of nitrogens with zero attached hydrogens (tertiary/aromatic N) is 1. The number of hydrogen-bond acceptors (Lipinski definition) is 10. The number of carbonyl (C=O) groups excluding carboxylic acids is 2. The van der Waals surface area contributed by atoms with Crippen molar-refractivity contribution in [2.24, 2.45) is 0 Å². The van der Waals surface area contributed by atoms with Crippen LogP contribution in [0, 0.1) is 13.8 Å². The first-order chi connectivity index (χ1) is 28.7. The summed E-state index contributed by atoms with van der Waals surface area (Å²) in [7, 11) is 1.13. The third kappa shape index (κ3) is 27.1. The maximum atomic E-state index is 12.8. The first-order valence-corrected chi connectivity index (χ1v) is 25.3. The van der Waals surface area contributed by atoms with E-state index < -0.39 is 32.5 Å². The van der Waals surface area contributed by atoms with Crippen LogP contribution in [-0.4, -0.2) is 82.2 Å². The van der Waals surface area contributed by atoms with Gasteiger partial charge in [0.25, 0.3) is 7.82 Å². The smallest absolute Gasteiger partial charge is 0.306 e. The molecule has 0 saturated carbocycles. The molecule has 60 heavy (non-hydrogen) atoms. The lowest BCUT2D eigenvalue weighted by Crippen LogP contribution is -2.37. The number of esters is 2. The lowest BCUT2D eigenvalue weighted by atomic mass is 10.0. The molecule has 1 saturated heterocycles. The third-order valence-corrected chi connectivity index (χ3v) is 12.4. The van der Waals surface area contributed by atoms with Gasteiger partial charge < -0.3 is 37.1 Å². The number of phosphoric ester groups is 1. The van der Waals surface area contributed by atoms with E-state index in [1.165, 1.54) is 74.7 Å². The van der Waals surface area contributed by atoms with Crippen molar-refractivity contribution < 1.29 is 51.2 Å². The SMILES string of the molecule is CCCCCc1oc(CCCCCCCCCCC(=O)O[C@H](COC(=O)CCCCCCC/C=C\CC2OC2CCCCC)COP(=O)([O-])OCC[N+](C)(C)C)c(C)c1C. The van der Waals surface area contributed by atoms with E-state index in [0.29, 0.717) is 36.1 Å². The van der Waals surface area contributed by atoms with Gasteiger partial charge in [-0.2, -0.15) is 0 Å². The van der Waals surface area contributed by atoms with Crippen molar-refractivity contribution in [3.05, 3.63) is 34.8 Å². The zero-order chi connectivity index (χ0) is 44.1. The lowest BCUT2D eigenvalue weighted by molar-refractivity contribution is -0.870. The Morgan fingerprint density at radius 2 is 1.25 bits per heavy atom. The van der Waals surface area contributed by atoms with E-state index in [1.54, 1.807) is 0 Å². The van der Waals surface area contributed by atoms with E-state index in [9.17, 15) is 19.0 Å². The molecule has 0 amide bonds. The largest absolute Gasteiger partial charge is 0.756 e. The van der Waals surface area contributed by atoms with Gasteiger partial charge in [0.05, 0.1) is 40.0 Å². The molecule has 2 rings (SSSR count). The second kappa shape index (κ2) is 31.8. The molecule has 0 spiro atoms. The lowest BCUT2D eigenvalue weighted by Gasteiger charge is -2.28. The average Bonchev–Trinajstić information content (AvgIpc) is 3.89. The number of quaternary nitrogens is 1. The molecule has 12 heteroatoms. The summed E-state index contributed by atoms with van der Waals surface area (Å²) in [5.74, 6) is 1.46. The highest BCUT2D eigenvalue weighted by atomic mass is 31.2. The number of furan rings is 1. The van der Waals surface area contributed by atoms with Crippen molar-refractivity contribution in [1.29, 1.82) is 0 Å². The zero-order valence-electron chi connectivity index (χ0n) is 39.1. The number of ether oxygens (including phenoxy) is 3. The standard InChI is InChI=1S/C48H86NO10P/c1-8-10-24-30-43-40(3)41(4)44(58-43)31-26-20-16-12-15-19-23-29-35-48(51)57-42(39-56-60(52,53)55-37-36-49(5,6)7)38-54-47(50)34-28-22-18-14-13-17-21-27-33-46-45(59-46)32-25-11-9-2/h21,27,42,45-46H,8-20,22-26,28-39H2,1-7H3/b27-21-/t42-,45?,46?/m1/s1. The predicted molar refractivity (Wildman–Crippen MR) is 239 cm³/mol. The second-order valence-corrected chi connectivity index (χ2v) is 19.5. The molecule has 3 unspecified atom stereocenters. The third-order valence-electron chi connectivity index (χ3n) is 11.4. The van der Waals surface area contributed by atoms with Crippen LogP contribution in [0.4, 0.5) is 0 Å². The van der Waals surface area contributed by atoms with E-state index in [4.69, 9.17) is 27.7 Å². The number of phosphoric acid groups is 1. The van der Waals surface area contributed by atoms with Crippen LogP contribution in [0.25, 0.3) is 0 Å². The summed E-state index contributed by atoms with van der Waals surface area (Å²) in [6.45, 7) is 8.49. The molecule has 1 aromatic heterocycles. The highest BCUT2D eigenvalue weighted by Crippen LogP contribution is 2.38. The summed E-state index contributed by atoms with van der Waals surface area (Å²) >= 11 is 0. The van der Waals surface area contributed by atoms with Crippen molar-refractivity contribution in [3.63, 3.8) is 0 Å². The van der Waals surface area contributed by atoms with Crippen molar-refractivity contribution in [2.75, 3.05) is 47.5 Å². The Bertz CT molecular complexity index is 1370. The Kier molecular flexibility index (Phi) is 28.7. The summed E-state index contributed by atoms with van der Waals surface area (Å²) in [4.78, 5) is 37.8. The summed E-state index contributed by atoms with van der Waals surface area (Å²) in [5.41, 5.74) is 2.65. The van der Waals surface area contributed by atoms with Crippen molar-refractivity contribution >= 4 is 19.8 Å². The Morgan fingerprint density at radius 3 is 1.87 bits per heavy atom. The molecule has 0 radical (unpaired) electrons. The van der Waals surface area contributed by atoms with Gasteiger partial charge in [0.15, 0.2) is 6.10 Å². The second-order valence-electron chi connectivity index (χ2n) is 18.1. The van der Waals surface area contributed by atoms with Crippen LogP contribution < -0.4 is 4.89 Å². The first-order valence-electron chi connectivity index (χ1n) is 23.9. The molecule has 2 heterocycles. The molecule has 4 atom stereocenters. The molecule has 1 aliphatic rings. The molecule has 1 fully saturated rings. The predicted octanol–water partition coefficient (Wildman–Crippen LogP) is 11.4. The van der Waals surface area contributed by atoms with Gasteiger partial charge in [-0.15, -0.1) is 0 Å². The Balaban J connectivity index is 1.61. The molecule has 1 aliphatic heterocycles. The molecule has 0 bridgehead atoms. The summed E-state index contributed by atoms with van der Waals surface area (Å²) in [5, 5.41) is 0. The van der Waals surface area contributed by atoms with E-state index in [1.807, 2.05) is 21.1 Å². The van der Waals surface area contributed by atoms with E-state index in [2.05, 4.69) is 39.8 Å². The van der Waals surface area contributed by atoms with Crippen LogP contribution in [0.3, 0.4) is 0 Å². The quantitative estimate of drug-likeness (QED) is 0.0157. The van der Waals surface area contributed by atoms with Gasteiger partial charge in [-0.3, -0.25) is 14.2 Å². The van der Waals surface area contributed by atoms with E-state index in [0.717, 1.165) is 89.2 Å². The number of carbonyl (C=O) groups is 2. The van der Waals surface area contributed by atoms with Crippen molar-refractivity contribution in [3.8, 4) is 0 Å². The fraction of sp³-hybridized carbons (Fsp3) is 0.833. The highest BCUT2D eigenvalue weighted by molar-refractivity contribution is 7.45. The van der Waals surface area contributed by atoms with Gasteiger partial charge in [-0.25, -0.2) is 0 Å². The Labute approximate surface area is 365 Å². The van der Waals surface area contributed by atoms with Gasteiger partial charge >= 0.3 is 11.9 Å². The zero-order valence-corrected chi connectivity index (χ0v) is 40.0. The molecule has 348 valence electrons. The molecule has 0 N–H and O–H groups in total. The fourth-order valence-electron chi connectivity index (χ4n) is 7.25. The number of likely N-dealkylation sites (N-methyl/N-ethyl adjacent to an activating group) is 1. The number of unbranched alkanes of at least 4 members (excludes halogenated alkanes) is 16. The molecule has 0 aromatic carbocycles. The van der Waals surface area contributed by atoms with Crippen LogP contribution in [-0.2, 0) is 50.3 Å². The average molecular weight is 868 g/mol. The normalized spacial score (nSPS) is 16.9. The van der Waals surface area contributed by atoms with Gasteiger partial charge in [-0.05, 0) is 76.3 Å². The van der Waals surface area contributed by atoms with Crippen LogP contribution in [0.2, 0.25) is 0 Å². The Morgan fingerprint density at radius 1 is 0.700 bits per heavy atom. The molecular weight excluding hydrogens is 781 g/mol.